The number of ether oxygens (including phenoxy) is 2. The highest BCUT2D eigenvalue weighted by Crippen LogP contribution is 2.37. The van der Waals surface area contributed by atoms with Gasteiger partial charge in [-0.3, -0.25) is 0 Å². The summed E-state index contributed by atoms with van der Waals surface area (Å²) < 4.78 is 10.5. The predicted molar refractivity (Wildman–Crippen MR) is 72.5 cm³/mol. The van der Waals surface area contributed by atoms with Crippen LogP contribution in [0.25, 0.3) is 0 Å². The fourth-order valence-electron chi connectivity index (χ4n) is 2.94. The summed E-state index contributed by atoms with van der Waals surface area (Å²) in [6.45, 7) is 1.93. The van der Waals surface area contributed by atoms with Gasteiger partial charge in [0.2, 0.25) is 6.79 Å². The lowest BCUT2D eigenvalue weighted by Crippen LogP contribution is -2.17. The van der Waals surface area contributed by atoms with Crippen LogP contribution in [0.3, 0.4) is 0 Å². The van der Waals surface area contributed by atoms with Gasteiger partial charge in [-0.1, -0.05) is 25.7 Å². The van der Waals surface area contributed by atoms with Gasteiger partial charge in [0.1, 0.15) is 5.75 Å². The third kappa shape index (κ3) is 2.95. The molecule has 19 heavy (non-hydrogen) atoms. The Bertz CT molecular complexity index is 441. The summed E-state index contributed by atoms with van der Waals surface area (Å²) in [7, 11) is 0. The average Bonchev–Trinajstić information content (AvgIpc) is 3.05. The van der Waals surface area contributed by atoms with Crippen molar-refractivity contribution in [1.29, 1.82) is 0 Å². The first kappa shape index (κ1) is 12.6. The van der Waals surface area contributed by atoms with Gasteiger partial charge in [-0.15, -0.1) is 0 Å². The van der Waals surface area contributed by atoms with Crippen molar-refractivity contribution in [3.8, 4) is 17.2 Å². The van der Waals surface area contributed by atoms with Crippen LogP contribution in [0.4, 0.5) is 0 Å². The molecule has 0 saturated heterocycles. The van der Waals surface area contributed by atoms with Gasteiger partial charge in [-0.2, -0.15) is 0 Å². The molecular formula is C15H21NO3. The molecule has 1 aliphatic carbocycles. The van der Waals surface area contributed by atoms with Crippen molar-refractivity contribution < 1.29 is 14.6 Å². The number of rotatable bonds is 5. The van der Waals surface area contributed by atoms with E-state index in [4.69, 9.17) is 9.47 Å². The number of fused-ring (bicyclic) bond motifs is 1. The zero-order chi connectivity index (χ0) is 13.1. The number of phenols is 1. The second-order valence-electron chi connectivity index (χ2n) is 5.45. The molecule has 4 heteroatoms. The lowest BCUT2D eigenvalue weighted by atomic mass is 10.0. The van der Waals surface area contributed by atoms with Crippen LogP contribution in [0, 0.1) is 5.92 Å². The first-order valence-electron chi connectivity index (χ1n) is 7.15. The molecule has 0 radical (unpaired) electrons. The van der Waals surface area contributed by atoms with E-state index in [2.05, 4.69) is 5.32 Å². The minimum atomic E-state index is 0.243. The van der Waals surface area contributed by atoms with Crippen LogP contribution < -0.4 is 14.8 Å². The summed E-state index contributed by atoms with van der Waals surface area (Å²) in [5, 5.41) is 13.3. The average molecular weight is 263 g/mol. The van der Waals surface area contributed by atoms with E-state index in [1.165, 1.54) is 32.1 Å². The van der Waals surface area contributed by atoms with Crippen molar-refractivity contribution >= 4 is 0 Å². The van der Waals surface area contributed by atoms with Crippen molar-refractivity contribution in [2.24, 2.45) is 5.92 Å². The van der Waals surface area contributed by atoms with Gasteiger partial charge < -0.3 is 19.9 Å². The minimum Gasteiger partial charge on any atom is -0.507 e. The molecule has 0 atom stereocenters. The van der Waals surface area contributed by atoms with E-state index >= 15 is 0 Å². The third-order valence-corrected chi connectivity index (χ3v) is 4.09. The van der Waals surface area contributed by atoms with Gasteiger partial charge >= 0.3 is 0 Å². The Morgan fingerprint density at radius 1 is 1.16 bits per heavy atom. The topological polar surface area (TPSA) is 50.7 Å². The van der Waals surface area contributed by atoms with E-state index < -0.39 is 0 Å². The van der Waals surface area contributed by atoms with E-state index in [1.807, 2.05) is 6.07 Å². The highest BCUT2D eigenvalue weighted by Gasteiger charge is 2.17. The second-order valence-corrected chi connectivity index (χ2v) is 5.45. The molecule has 3 rings (SSSR count). The number of hydrogen-bond donors (Lipinski definition) is 2. The van der Waals surface area contributed by atoms with Gasteiger partial charge in [0, 0.05) is 18.2 Å². The Hall–Kier alpha value is -1.42. The molecule has 0 aromatic heterocycles. The van der Waals surface area contributed by atoms with Crippen molar-refractivity contribution in [1.82, 2.24) is 5.32 Å². The molecule has 1 saturated carbocycles. The molecule has 0 unspecified atom stereocenters. The smallest absolute Gasteiger partial charge is 0.231 e. The summed E-state index contributed by atoms with van der Waals surface area (Å²) in [4.78, 5) is 0. The van der Waals surface area contributed by atoms with Crippen molar-refractivity contribution in [2.75, 3.05) is 13.3 Å². The van der Waals surface area contributed by atoms with Crippen molar-refractivity contribution in [3.63, 3.8) is 0 Å². The largest absolute Gasteiger partial charge is 0.507 e. The summed E-state index contributed by atoms with van der Waals surface area (Å²) in [5.74, 6) is 2.54. The summed E-state index contributed by atoms with van der Waals surface area (Å²) in [6.07, 6.45) is 6.81. The van der Waals surface area contributed by atoms with Crippen LogP contribution in [-0.4, -0.2) is 18.4 Å². The fraction of sp³-hybridized carbons (Fsp3) is 0.600. The molecule has 104 valence electrons. The van der Waals surface area contributed by atoms with E-state index in [9.17, 15) is 5.11 Å². The Morgan fingerprint density at radius 2 is 1.89 bits per heavy atom. The number of hydrogen-bond acceptors (Lipinski definition) is 4. The summed E-state index contributed by atoms with van der Waals surface area (Å²) in [6, 6.07) is 3.50. The molecule has 2 aliphatic rings. The molecule has 1 heterocycles. The Kier molecular flexibility index (Phi) is 3.78. The molecule has 1 aromatic carbocycles. The quantitative estimate of drug-likeness (QED) is 0.802. The van der Waals surface area contributed by atoms with Crippen LogP contribution in [0.2, 0.25) is 0 Å². The van der Waals surface area contributed by atoms with Gasteiger partial charge in [-0.05, 0) is 24.9 Å². The van der Waals surface area contributed by atoms with Gasteiger partial charge in [0.15, 0.2) is 11.5 Å². The second kappa shape index (κ2) is 5.70. The number of phenolic OH excluding ortho intramolecular Hbond substituents is 1. The third-order valence-electron chi connectivity index (χ3n) is 4.09. The van der Waals surface area contributed by atoms with Gasteiger partial charge in [-0.25, -0.2) is 0 Å². The first-order valence-corrected chi connectivity index (χ1v) is 7.15. The lowest BCUT2D eigenvalue weighted by molar-refractivity contribution is 0.174. The normalized spacial score (nSPS) is 18.1. The molecule has 2 N–H and O–H groups in total. The van der Waals surface area contributed by atoms with Crippen LogP contribution in [-0.2, 0) is 6.54 Å². The highest BCUT2D eigenvalue weighted by molar-refractivity contribution is 5.51. The standard InChI is InChI=1S/C15H21NO3/c17-13-8-15-14(18-10-19-15)7-12(13)9-16-6-5-11-3-1-2-4-11/h7-8,11,16-17H,1-6,9-10H2. The lowest BCUT2D eigenvalue weighted by Gasteiger charge is -2.11. The van der Waals surface area contributed by atoms with Crippen LogP contribution in [0.1, 0.15) is 37.7 Å². The summed E-state index contributed by atoms with van der Waals surface area (Å²) >= 11 is 0. The van der Waals surface area contributed by atoms with E-state index in [-0.39, 0.29) is 12.5 Å². The minimum absolute atomic E-state index is 0.243. The molecule has 1 aromatic rings. The summed E-state index contributed by atoms with van der Waals surface area (Å²) in [5.41, 5.74) is 0.871. The Labute approximate surface area is 113 Å². The highest BCUT2D eigenvalue weighted by atomic mass is 16.7. The fourth-order valence-corrected chi connectivity index (χ4v) is 2.94. The Morgan fingerprint density at radius 3 is 2.68 bits per heavy atom. The number of benzene rings is 1. The molecule has 1 aliphatic heterocycles. The maximum atomic E-state index is 9.91. The van der Waals surface area contributed by atoms with Gasteiger partial charge in [0.25, 0.3) is 0 Å². The van der Waals surface area contributed by atoms with Crippen LogP contribution in [0.15, 0.2) is 12.1 Å². The molecule has 4 nitrogen and oxygen atoms in total. The number of nitrogens with one attached hydrogen (secondary N) is 1. The zero-order valence-electron chi connectivity index (χ0n) is 11.2. The number of aromatic hydroxyl groups is 1. The van der Waals surface area contributed by atoms with E-state index in [0.717, 1.165) is 23.8 Å². The SMILES string of the molecule is Oc1cc2c(cc1CNCCC1CCCC1)OCO2. The van der Waals surface area contributed by atoms with Crippen molar-refractivity contribution in [3.05, 3.63) is 17.7 Å². The molecule has 0 spiro atoms. The molecular weight excluding hydrogens is 242 g/mol. The van der Waals surface area contributed by atoms with Crippen LogP contribution in [0.5, 0.6) is 17.2 Å². The van der Waals surface area contributed by atoms with Crippen LogP contribution >= 0.6 is 0 Å². The first-order chi connectivity index (χ1) is 9.33. The van der Waals surface area contributed by atoms with E-state index in [1.54, 1.807) is 6.07 Å². The maximum Gasteiger partial charge on any atom is 0.231 e. The molecule has 0 bridgehead atoms. The monoisotopic (exact) mass is 263 g/mol. The van der Waals surface area contributed by atoms with Gasteiger partial charge in [0.05, 0.1) is 0 Å². The maximum absolute atomic E-state index is 9.91. The predicted octanol–water partition coefficient (Wildman–Crippen LogP) is 2.79. The molecule has 0 amide bonds. The van der Waals surface area contributed by atoms with Crippen molar-refractivity contribution in [2.45, 2.75) is 38.6 Å². The Balaban J connectivity index is 1.49. The zero-order valence-corrected chi connectivity index (χ0v) is 11.2. The van der Waals surface area contributed by atoms with E-state index in [0.29, 0.717) is 12.3 Å². The molecule has 1 fully saturated rings.